The summed E-state index contributed by atoms with van der Waals surface area (Å²) in [5.41, 5.74) is 0.697. The first-order chi connectivity index (χ1) is 41.3. The number of fused-ring (bicyclic) bond motifs is 2. The third-order valence-corrected chi connectivity index (χ3v) is 13.6. The minimum Gasteiger partial charge on any atom is -0.490 e. The van der Waals surface area contributed by atoms with Crippen molar-refractivity contribution in [1.82, 2.24) is 20.1 Å². The second-order valence-corrected chi connectivity index (χ2v) is 20.5. The van der Waals surface area contributed by atoms with Crippen molar-refractivity contribution < 1.29 is 100 Å². The van der Waals surface area contributed by atoms with E-state index < -0.39 is 121 Å². The lowest BCUT2D eigenvalue weighted by atomic mass is 9.97. The maximum atomic E-state index is 14.6. The van der Waals surface area contributed by atoms with Gasteiger partial charge in [0.1, 0.15) is 31.0 Å². The van der Waals surface area contributed by atoms with Crippen LogP contribution in [0.4, 0.5) is 32.3 Å². The van der Waals surface area contributed by atoms with Crippen molar-refractivity contribution in [2.24, 2.45) is 13.0 Å². The van der Waals surface area contributed by atoms with Crippen LogP contribution in [0.5, 0.6) is 11.5 Å². The molecule has 3 aromatic rings. The Balaban J connectivity index is 1.18. The number of aliphatic hydroxyl groups excluding tert-OH is 1. The molecule has 1 aromatic heterocycles. The smallest absolute Gasteiger partial charge is 0.416 e. The first-order valence-electron chi connectivity index (χ1n) is 27.7. The number of carbonyl (C=O) groups excluding carboxylic acids is 11. The zero-order valence-electron chi connectivity index (χ0n) is 49.3. The van der Waals surface area contributed by atoms with Crippen molar-refractivity contribution in [2.45, 2.75) is 129 Å². The van der Waals surface area contributed by atoms with Gasteiger partial charge in [0.25, 0.3) is 11.8 Å². The number of ether oxygens (including phenoxy) is 9. The number of hydrogen-bond donors (Lipinski definition) is 6. The standard InChI is InChI=1S/C58H72N8O21/c1-11-23-81-57(77)63-45(30(3)4)52(73)59-31(5)50(71)61-35-18-20-36(21-19-35)62-51(72)41-26-37(29-64(41)9)60-44(70)17-15-25-80-42-28-40-38(53(74)65-22-14-13-16-39(65)54(75)66(40)58(78)82-24-12-2)27-43(42)86-56-49(85-34(8)69)47(84-33(7)68)46(83-32(6)67)48(87-56)55(76)79-10/h11-12,18-21,26-31,39,45-49,54,56,75H,1-2,13-17,22-25H2,3-10H3,(H,59,73)(H,60,70)(H,61,71)(H,62,72)(H,63,77)/t31-,39-,45-,46-,47-,48-,49+,54?,56+/m0/s1. The minimum absolute atomic E-state index is 0.0151. The van der Waals surface area contributed by atoms with Gasteiger partial charge in [-0.15, -0.1) is 0 Å². The second-order valence-electron chi connectivity index (χ2n) is 20.5. The van der Waals surface area contributed by atoms with E-state index >= 15 is 0 Å². The van der Waals surface area contributed by atoms with E-state index in [1.54, 1.807) is 20.9 Å². The number of aliphatic hydroxyl groups is 1. The highest BCUT2D eigenvalue weighted by Gasteiger charge is 2.56. The first kappa shape index (κ1) is 66.6. The predicted octanol–water partition coefficient (Wildman–Crippen LogP) is 3.98. The molecule has 87 heavy (non-hydrogen) atoms. The van der Waals surface area contributed by atoms with Crippen LogP contribution >= 0.6 is 0 Å². The maximum Gasteiger partial charge on any atom is 0.416 e. The van der Waals surface area contributed by atoms with Crippen molar-refractivity contribution >= 4 is 88.3 Å². The van der Waals surface area contributed by atoms with Gasteiger partial charge >= 0.3 is 36.1 Å². The highest BCUT2D eigenvalue weighted by atomic mass is 16.7. The molecule has 3 aliphatic rings. The molecule has 7 amide bonds. The monoisotopic (exact) mass is 1220 g/mol. The number of nitrogens with zero attached hydrogens (tertiary/aromatic N) is 3. The van der Waals surface area contributed by atoms with Crippen LogP contribution in [0.2, 0.25) is 0 Å². The zero-order chi connectivity index (χ0) is 63.8. The molecule has 9 atom stereocenters. The molecule has 0 radical (unpaired) electrons. The van der Waals surface area contributed by atoms with Crippen LogP contribution in [0.25, 0.3) is 0 Å². The molecule has 2 aromatic carbocycles. The number of aromatic nitrogens is 1. The van der Waals surface area contributed by atoms with Gasteiger partial charge in [0, 0.05) is 64.4 Å². The van der Waals surface area contributed by atoms with Gasteiger partial charge in [-0.25, -0.2) is 19.3 Å². The molecule has 0 spiro atoms. The number of nitrogens with one attached hydrogen (secondary N) is 5. The van der Waals surface area contributed by atoms with E-state index in [9.17, 15) is 57.8 Å². The Morgan fingerprint density at radius 1 is 0.770 bits per heavy atom. The number of aryl methyl sites for hydroxylation is 1. The molecule has 1 unspecified atom stereocenters. The molecule has 29 heteroatoms. The highest BCUT2D eigenvalue weighted by molar-refractivity contribution is 6.07. The minimum atomic E-state index is -1.93. The maximum absolute atomic E-state index is 14.6. The molecule has 6 N–H and O–H groups in total. The van der Waals surface area contributed by atoms with E-state index in [4.69, 9.17) is 42.6 Å². The van der Waals surface area contributed by atoms with Crippen molar-refractivity contribution in [2.75, 3.05) is 54.3 Å². The number of alkyl carbamates (subject to hydrolysis) is 1. The van der Waals surface area contributed by atoms with Crippen LogP contribution < -0.4 is 41.0 Å². The van der Waals surface area contributed by atoms with Crippen molar-refractivity contribution in [3.8, 4) is 11.5 Å². The third kappa shape index (κ3) is 17.3. The second kappa shape index (κ2) is 30.5. The molecule has 2 saturated heterocycles. The van der Waals surface area contributed by atoms with E-state index in [1.807, 2.05) is 0 Å². The average molecular weight is 1220 g/mol. The van der Waals surface area contributed by atoms with E-state index in [2.05, 4.69) is 39.7 Å². The van der Waals surface area contributed by atoms with Crippen molar-refractivity contribution in [3.63, 3.8) is 0 Å². The predicted molar refractivity (Wildman–Crippen MR) is 306 cm³/mol. The summed E-state index contributed by atoms with van der Waals surface area (Å²) < 4.78 is 51.8. The number of rotatable bonds is 24. The van der Waals surface area contributed by atoms with Crippen LogP contribution in [0, 0.1) is 5.92 Å². The van der Waals surface area contributed by atoms with Crippen LogP contribution in [-0.4, -0.2) is 169 Å². The summed E-state index contributed by atoms with van der Waals surface area (Å²) in [6.07, 6.45) is -7.18. The van der Waals surface area contributed by atoms with Gasteiger partial charge < -0.3 is 83.8 Å². The summed E-state index contributed by atoms with van der Waals surface area (Å²) in [5.74, 6) is -7.81. The number of hydrogen-bond acceptors (Lipinski definition) is 21. The van der Waals surface area contributed by atoms with Crippen LogP contribution in [0.1, 0.15) is 94.5 Å². The Morgan fingerprint density at radius 3 is 2.03 bits per heavy atom. The summed E-state index contributed by atoms with van der Waals surface area (Å²) >= 11 is 0. The van der Waals surface area contributed by atoms with E-state index in [-0.39, 0.29) is 79.3 Å². The van der Waals surface area contributed by atoms with Crippen molar-refractivity contribution in [3.05, 3.63) is 85.2 Å². The van der Waals surface area contributed by atoms with Crippen LogP contribution in [0.15, 0.2) is 74.0 Å². The Kier molecular flexibility index (Phi) is 23.4. The molecule has 0 saturated carbocycles. The number of esters is 4. The summed E-state index contributed by atoms with van der Waals surface area (Å²) in [6, 6.07) is 7.04. The topological polar surface area (TPSA) is 363 Å². The summed E-state index contributed by atoms with van der Waals surface area (Å²) in [4.78, 5) is 147. The van der Waals surface area contributed by atoms with Crippen LogP contribution in [-0.2, 0) is 73.8 Å². The molecule has 2 fully saturated rings. The largest absolute Gasteiger partial charge is 0.490 e. The molecule has 6 rings (SSSR count). The lowest BCUT2D eigenvalue weighted by molar-refractivity contribution is -0.282. The Hall–Kier alpha value is -9.51. The van der Waals surface area contributed by atoms with Gasteiger partial charge in [-0.3, -0.25) is 38.4 Å². The fourth-order valence-corrected chi connectivity index (χ4v) is 9.61. The van der Waals surface area contributed by atoms with Crippen LogP contribution in [0.3, 0.4) is 0 Å². The quantitative estimate of drug-likeness (QED) is 0.0320. The molecule has 29 nitrogen and oxygen atoms in total. The van der Waals surface area contributed by atoms with Gasteiger partial charge in [-0.1, -0.05) is 39.2 Å². The number of anilines is 4. The Bertz CT molecular complexity index is 3090. The number of amides is 7. The first-order valence-corrected chi connectivity index (χ1v) is 27.7. The normalized spacial score (nSPS) is 20.2. The fraction of sp³-hybridized carbons (Fsp3) is 0.466. The number of methoxy groups -OCH3 is 1. The number of piperidine rings is 1. The molecular weight excluding hydrogens is 1140 g/mol. The SMILES string of the molecule is C=CCOC(=O)N[C@H](C(=O)N[C@@H](C)C(=O)Nc1ccc(NC(=O)c2cc(NC(=O)CCCOc3cc4c(cc3O[C@@H]3O[C@H](C(=O)OC)[C@@H](OC(C)=O)[C@H](OC(C)=O)[C@H]3OC(C)=O)C(=O)N3CCCC[C@H]3C(O)N4C(=O)OCC=C)cn2C)cc1)C(C)C. The number of benzene rings is 2. The average Bonchev–Trinajstić information content (AvgIpc) is 1.98. The van der Waals surface area contributed by atoms with E-state index in [1.165, 1.54) is 77.2 Å². The van der Waals surface area contributed by atoms with Gasteiger partial charge in [0.15, 0.2) is 36.0 Å². The van der Waals surface area contributed by atoms with E-state index in [0.717, 1.165) is 32.8 Å². The number of carbonyl (C=O) groups is 11. The van der Waals surface area contributed by atoms with Gasteiger partial charge in [-0.05, 0) is 74.9 Å². The highest BCUT2D eigenvalue weighted by Crippen LogP contribution is 2.43. The lowest BCUT2D eigenvalue weighted by Crippen LogP contribution is -2.64. The van der Waals surface area contributed by atoms with Gasteiger partial charge in [-0.2, -0.15) is 0 Å². The molecule has 4 heterocycles. The summed E-state index contributed by atoms with van der Waals surface area (Å²) in [6.45, 7) is 14.6. The zero-order valence-corrected chi connectivity index (χ0v) is 49.3. The van der Waals surface area contributed by atoms with E-state index in [0.29, 0.717) is 30.6 Å². The molecule has 470 valence electrons. The molecule has 0 bridgehead atoms. The van der Waals surface area contributed by atoms with Gasteiger partial charge in [0.05, 0.1) is 36.7 Å². The summed E-state index contributed by atoms with van der Waals surface area (Å²) in [5, 5.41) is 25.1. The van der Waals surface area contributed by atoms with Gasteiger partial charge in [0.2, 0.25) is 30.1 Å². The fourth-order valence-electron chi connectivity index (χ4n) is 9.61. The third-order valence-electron chi connectivity index (χ3n) is 13.6. The summed E-state index contributed by atoms with van der Waals surface area (Å²) in [7, 11) is 2.59. The van der Waals surface area contributed by atoms with Crippen molar-refractivity contribution in [1.29, 1.82) is 0 Å². The Morgan fingerprint density at radius 2 is 1.40 bits per heavy atom. The molecular formula is C58H72N8O21. The Labute approximate surface area is 500 Å². The molecule has 3 aliphatic heterocycles. The lowest BCUT2D eigenvalue weighted by Gasteiger charge is -2.43. The molecule has 0 aliphatic carbocycles.